The molecule has 0 saturated carbocycles. The first-order chi connectivity index (χ1) is 10.3. The van der Waals surface area contributed by atoms with Crippen LogP contribution in [-0.4, -0.2) is 0 Å². The number of fused-ring (bicyclic) bond motifs is 1. The van der Waals surface area contributed by atoms with Crippen molar-refractivity contribution in [2.75, 3.05) is 0 Å². The van der Waals surface area contributed by atoms with E-state index in [9.17, 15) is 0 Å². The number of nitrogens with one attached hydrogen (secondary N) is 1. The van der Waals surface area contributed by atoms with Gasteiger partial charge in [-0.2, -0.15) is 0 Å². The summed E-state index contributed by atoms with van der Waals surface area (Å²) in [5.74, 6) is 0. The second kappa shape index (κ2) is 6.64. The summed E-state index contributed by atoms with van der Waals surface area (Å²) in [6.45, 7) is 2.20. The van der Waals surface area contributed by atoms with E-state index in [1.807, 2.05) is 12.1 Å². The van der Waals surface area contributed by atoms with Gasteiger partial charge in [0.1, 0.15) is 0 Å². The maximum absolute atomic E-state index is 6.33. The van der Waals surface area contributed by atoms with Crippen LogP contribution in [0.5, 0.6) is 0 Å². The fourth-order valence-corrected chi connectivity index (χ4v) is 3.61. The molecule has 3 rings (SSSR count). The van der Waals surface area contributed by atoms with Crippen LogP contribution in [0, 0.1) is 0 Å². The van der Waals surface area contributed by atoms with Crippen LogP contribution in [0.15, 0.2) is 48.5 Å². The molecule has 1 nitrogen and oxygen atoms in total. The minimum Gasteiger partial charge on any atom is -0.303 e. The first kappa shape index (κ1) is 14.6. The molecule has 21 heavy (non-hydrogen) atoms. The Balaban J connectivity index is 1.83. The Morgan fingerprint density at radius 3 is 2.67 bits per heavy atom. The van der Waals surface area contributed by atoms with Gasteiger partial charge in [0.2, 0.25) is 0 Å². The Morgan fingerprint density at radius 1 is 1.05 bits per heavy atom. The lowest BCUT2D eigenvalue weighted by molar-refractivity contribution is 0.437. The van der Waals surface area contributed by atoms with Crippen molar-refractivity contribution in [1.29, 1.82) is 0 Å². The van der Waals surface area contributed by atoms with E-state index in [0.717, 1.165) is 5.02 Å². The highest BCUT2D eigenvalue weighted by Crippen LogP contribution is 2.32. The van der Waals surface area contributed by atoms with Gasteiger partial charge in [-0.05, 0) is 48.9 Å². The van der Waals surface area contributed by atoms with E-state index < -0.39 is 0 Å². The van der Waals surface area contributed by atoms with Crippen LogP contribution in [-0.2, 0) is 6.42 Å². The van der Waals surface area contributed by atoms with Crippen molar-refractivity contribution in [1.82, 2.24) is 5.32 Å². The molecule has 1 N–H and O–H groups in total. The lowest BCUT2D eigenvalue weighted by atomic mass is 9.97. The lowest BCUT2D eigenvalue weighted by Crippen LogP contribution is -2.25. The SMILES string of the molecule is C[C@@H](NC1CCCCc2ccccc21)c1ccccc1Cl. The third kappa shape index (κ3) is 3.30. The van der Waals surface area contributed by atoms with Crippen LogP contribution in [0.3, 0.4) is 0 Å². The van der Waals surface area contributed by atoms with Gasteiger partial charge in [-0.15, -0.1) is 0 Å². The highest BCUT2D eigenvalue weighted by Gasteiger charge is 2.20. The van der Waals surface area contributed by atoms with Gasteiger partial charge in [0.05, 0.1) is 0 Å². The van der Waals surface area contributed by atoms with Gasteiger partial charge < -0.3 is 5.32 Å². The van der Waals surface area contributed by atoms with E-state index in [0.29, 0.717) is 6.04 Å². The number of aryl methyl sites for hydroxylation is 1. The van der Waals surface area contributed by atoms with Gasteiger partial charge in [-0.3, -0.25) is 0 Å². The van der Waals surface area contributed by atoms with Gasteiger partial charge in [0.25, 0.3) is 0 Å². The Hall–Kier alpha value is -1.31. The molecule has 1 aliphatic carbocycles. The van der Waals surface area contributed by atoms with E-state index in [4.69, 9.17) is 11.6 Å². The number of benzene rings is 2. The Bertz CT molecular complexity index is 608. The third-order valence-corrected chi connectivity index (χ3v) is 4.79. The second-order valence-corrected chi connectivity index (χ2v) is 6.31. The summed E-state index contributed by atoms with van der Waals surface area (Å²) in [6.07, 6.45) is 4.97. The molecule has 1 unspecified atom stereocenters. The van der Waals surface area contributed by atoms with Gasteiger partial charge in [0.15, 0.2) is 0 Å². The molecular formula is C19H22ClN. The summed E-state index contributed by atoms with van der Waals surface area (Å²) >= 11 is 6.33. The molecule has 1 aliphatic rings. The van der Waals surface area contributed by atoms with Crippen molar-refractivity contribution in [3.05, 3.63) is 70.2 Å². The smallest absolute Gasteiger partial charge is 0.0453 e. The summed E-state index contributed by atoms with van der Waals surface area (Å²) in [7, 11) is 0. The van der Waals surface area contributed by atoms with E-state index >= 15 is 0 Å². The molecule has 0 spiro atoms. The molecule has 2 aromatic carbocycles. The minimum absolute atomic E-state index is 0.259. The molecule has 0 fully saturated rings. The van der Waals surface area contributed by atoms with E-state index in [1.165, 1.54) is 42.4 Å². The fraction of sp³-hybridized carbons (Fsp3) is 0.368. The van der Waals surface area contributed by atoms with Crippen molar-refractivity contribution in [2.24, 2.45) is 0 Å². The highest BCUT2D eigenvalue weighted by atomic mass is 35.5. The Kier molecular flexibility index (Phi) is 4.62. The molecule has 2 aromatic rings. The molecule has 0 heterocycles. The van der Waals surface area contributed by atoms with Crippen molar-refractivity contribution in [3.8, 4) is 0 Å². The third-order valence-electron chi connectivity index (χ3n) is 4.44. The molecule has 0 saturated heterocycles. The minimum atomic E-state index is 0.259. The zero-order chi connectivity index (χ0) is 14.7. The maximum Gasteiger partial charge on any atom is 0.0453 e. The molecule has 0 amide bonds. The first-order valence-electron chi connectivity index (χ1n) is 7.84. The van der Waals surface area contributed by atoms with Crippen LogP contribution in [0.1, 0.15) is 55.0 Å². The largest absolute Gasteiger partial charge is 0.303 e. The van der Waals surface area contributed by atoms with Crippen molar-refractivity contribution in [3.63, 3.8) is 0 Å². The van der Waals surface area contributed by atoms with Crippen LogP contribution >= 0.6 is 11.6 Å². The number of rotatable bonds is 3. The lowest BCUT2D eigenvalue weighted by Gasteiger charge is -2.25. The Labute approximate surface area is 132 Å². The number of hydrogen-bond acceptors (Lipinski definition) is 1. The van der Waals surface area contributed by atoms with Gasteiger partial charge in [0, 0.05) is 17.1 Å². The Morgan fingerprint density at radius 2 is 1.81 bits per heavy atom. The zero-order valence-corrected chi connectivity index (χ0v) is 13.2. The van der Waals surface area contributed by atoms with Crippen LogP contribution in [0.4, 0.5) is 0 Å². The maximum atomic E-state index is 6.33. The predicted octanol–water partition coefficient (Wildman–Crippen LogP) is 5.46. The average Bonchev–Trinajstić information content (AvgIpc) is 2.70. The number of hydrogen-bond donors (Lipinski definition) is 1. The molecular weight excluding hydrogens is 278 g/mol. The fourth-order valence-electron chi connectivity index (χ4n) is 3.31. The molecule has 2 heteroatoms. The van der Waals surface area contributed by atoms with Crippen LogP contribution in [0.2, 0.25) is 5.02 Å². The quantitative estimate of drug-likeness (QED) is 0.742. The highest BCUT2D eigenvalue weighted by molar-refractivity contribution is 6.31. The molecule has 0 aromatic heterocycles. The summed E-state index contributed by atoms with van der Waals surface area (Å²) in [5.41, 5.74) is 4.15. The monoisotopic (exact) mass is 299 g/mol. The van der Waals surface area contributed by atoms with Crippen molar-refractivity contribution >= 4 is 11.6 Å². The molecule has 0 aliphatic heterocycles. The van der Waals surface area contributed by atoms with E-state index in [2.05, 4.69) is 48.6 Å². The summed E-state index contributed by atoms with van der Waals surface area (Å²) < 4.78 is 0. The molecule has 110 valence electrons. The summed E-state index contributed by atoms with van der Waals surface area (Å²) in [4.78, 5) is 0. The molecule has 0 radical (unpaired) electrons. The van der Waals surface area contributed by atoms with Crippen LogP contribution in [0.25, 0.3) is 0 Å². The topological polar surface area (TPSA) is 12.0 Å². The molecule has 0 bridgehead atoms. The van der Waals surface area contributed by atoms with E-state index in [1.54, 1.807) is 0 Å². The van der Waals surface area contributed by atoms with Crippen molar-refractivity contribution in [2.45, 2.75) is 44.7 Å². The van der Waals surface area contributed by atoms with Crippen molar-refractivity contribution < 1.29 is 0 Å². The van der Waals surface area contributed by atoms with Gasteiger partial charge in [-0.25, -0.2) is 0 Å². The standard InChI is InChI=1S/C19H22ClN/c1-14(16-10-5-6-12-18(16)20)21-19-13-7-3-9-15-8-2-4-11-17(15)19/h2,4-6,8,10-12,14,19,21H,3,7,9,13H2,1H3/t14-,19?/m1/s1. The summed E-state index contributed by atoms with van der Waals surface area (Å²) in [6, 6.07) is 17.7. The van der Waals surface area contributed by atoms with Gasteiger partial charge in [-0.1, -0.05) is 60.5 Å². The molecule has 2 atom stereocenters. The van der Waals surface area contributed by atoms with Gasteiger partial charge >= 0.3 is 0 Å². The predicted molar refractivity (Wildman–Crippen MR) is 89.7 cm³/mol. The average molecular weight is 300 g/mol. The zero-order valence-electron chi connectivity index (χ0n) is 12.5. The number of halogens is 1. The van der Waals surface area contributed by atoms with E-state index in [-0.39, 0.29) is 6.04 Å². The first-order valence-corrected chi connectivity index (χ1v) is 8.22. The second-order valence-electron chi connectivity index (χ2n) is 5.91. The normalized spacial score (nSPS) is 19.6. The summed E-state index contributed by atoms with van der Waals surface area (Å²) in [5, 5.41) is 4.63. The van der Waals surface area contributed by atoms with Crippen LogP contribution < -0.4 is 5.32 Å².